The van der Waals surface area contributed by atoms with Gasteiger partial charge in [0, 0.05) is 35.7 Å². The Balaban J connectivity index is 0.00000361. The Bertz CT molecular complexity index is 1150. The number of alkyl halides is 1. The lowest BCUT2D eigenvalue weighted by Crippen LogP contribution is -2.58. The van der Waals surface area contributed by atoms with Crippen molar-refractivity contribution in [1.82, 2.24) is 10.2 Å². The highest BCUT2D eigenvalue weighted by Gasteiger charge is 2.38. The molecule has 3 unspecified atom stereocenters. The Hall–Kier alpha value is -2.58. The summed E-state index contributed by atoms with van der Waals surface area (Å²) >= 11 is 7.54. The van der Waals surface area contributed by atoms with Crippen LogP contribution in [0.4, 0.5) is 5.69 Å². The van der Waals surface area contributed by atoms with Crippen LogP contribution in [-0.4, -0.2) is 47.8 Å². The van der Waals surface area contributed by atoms with E-state index in [0.717, 1.165) is 16.2 Å². The predicted octanol–water partition coefficient (Wildman–Crippen LogP) is 5.79. The normalized spacial score (nSPS) is 18.2. The van der Waals surface area contributed by atoms with Crippen LogP contribution in [0.25, 0.3) is 0 Å². The van der Waals surface area contributed by atoms with Crippen molar-refractivity contribution in [3.8, 4) is 11.5 Å². The highest BCUT2D eigenvalue weighted by atomic mass is 35.5. The summed E-state index contributed by atoms with van der Waals surface area (Å²) in [6.45, 7) is 7.20. The molecule has 9 heteroatoms. The van der Waals surface area contributed by atoms with Crippen molar-refractivity contribution < 1.29 is 14.3 Å². The number of piperazine rings is 1. The van der Waals surface area contributed by atoms with E-state index in [1.807, 2.05) is 77.9 Å². The van der Waals surface area contributed by atoms with Crippen LogP contribution in [0, 0.1) is 6.92 Å². The second-order valence-corrected chi connectivity index (χ2v) is 10.1. The summed E-state index contributed by atoms with van der Waals surface area (Å²) in [5.41, 5.74) is 1.45. The summed E-state index contributed by atoms with van der Waals surface area (Å²) in [6, 6.07) is 18.4. The van der Waals surface area contributed by atoms with E-state index in [4.69, 9.17) is 16.3 Å². The van der Waals surface area contributed by atoms with Gasteiger partial charge in [0.25, 0.3) is 5.91 Å². The maximum Gasteiger partial charge on any atom is 0.251 e. The second kappa shape index (κ2) is 12.6. The van der Waals surface area contributed by atoms with Gasteiger partial charge in [0.15, 0.2) is 0 Å². The number of thiophene rings is 1. The number of hydrogen-bond acceptors (Lipinski definition) is 5. The van der Waals surface area contributed by atoms with Gasteiger partial charge in [-0.05, 0) is 68.1 Å². The molecule has 1 N–H and O–H groups in total. The average Bonchev–Trinajstić information content (AvgIpc) is 3.37. The molecule has 1 saturated heterocycles. The first-order valence-electron chi connectivity index (χ1n) is 11.7. The molecule has 0 saturated carbocycles. The molecule has 192 valence electrons. The van der Waals surface area contributed by atoms with Gasteiger partial charge in [0.2, 0.25) is 5.91 Å². The van der Waals surface area contributed by atoms with Gasteiger partial charge in [0.05, 0.1) is 0 Å². The molecule has 6 nitrogen and oxygen atoms in total. The predicted molar refractivity (Wildman–Crippen MR) is 149 cm³/mol. The maximum atomic E-state index is 14.0. The summed E-state index contributed by atoms with van der Waals surface area (Å²) in [4.78, 5) is 31.5. The first kappa shape index (κ1) is 28.0. The number of rotatable bonds is 7. The minimum atomic E-state index is -0.793. The summed E-state index contributed by atoms with van der Waals surface area (Å²) < 4.78 is 5.97. The van der Waals surface area contributed by atoms with E-state index in [-0.39, 0.29) is 42.2 Å². The number of halogens is 2. The van der Waals surface area contributed by atoms with Gasteiger partial charge < -0.3 is 15.0 Å². The van der Waals surface area contributed by atoms with Crippen LogP contribution in [0.1, 0.15) is 30.3 Å². The molecule has 3 atom stereocenters. The fraction of sp³-hybridized carbons (Fsp3) is 0.333. The minimum Gasteiger partial charge on any atom is -0.457 e. The molecule has 2 heterocycles. The summed E-state index contributed by atoms with van der Waals surface area (Å²) in [7, 11) is 0. The molecule has 0 aliphatic carbocycles. The second-order valence-electron chi connectivity index (χ2n) is 8.89. The Morgan fingerprint density at radius 3 is 2.36 bits per heavy atom. The Morgan fingerprint density at radius 2 is 1.78 bits per heavy atom. The molecule has 4 rings (SSSR count). The lowest BCUT2D eigenvalue weighted by atomic mass is 10.1. The molecule has 0 spiro atoms. The largest absolute Gasteiger partial charge is 0.457 e. The average molecular weight is 549 g/mol. The molecule has 1 aromatic heterocycles. The van der Waals surface area contributed by atoms with E-state index in [2.05, 4.69) is 19.2 Å². The van der Waals surface area contributed by atoms with E-state index in [1.165, 1.54) is 11.3 Å². The first-order valence-corrected chi connectivity index (χ1v) is 13.1. The number of anilines is 1. The molecular formula is C27H31Cl2N3O3S. The molecule has 2 aromatic carbocycles. The van der Waals surface area contributed by atoms with Gasteiger partial charge in [-0.2, -0.15) is 0 Å². The van der Waals surface area contributed by atoms with E-state index in [9.17, 15) is 9.59 Å². The van der Waals surface area contributed by atoms with Gasteiger partial charge in [-0.25, -0.2) is 0 Å². The number of ether oxygens (including phenoxy) is 1. The number of aryl methyl sites for hydroxylation is 1. The van der Waals surface area contributed by atoms with Crippen molar-refractivity contribution in [2.75, 3.05) is 23.9 Å². The zero-order valence-electron chi connectivity index (χ0n) is 20.5. The van der Waals surface area contributed by atoms with Gasteiger partial charge in [-0.1, -0.05) is 24.3 Å². The third kappa shape index (κ3) is 6.40. The minimum absolute atomic E-state index is 0. The number of nitrogens with zero attached hydrogens (tertiary/aromatic N) is 2. The van der Waals surface area contributed by atoms with Crippen molar-refractivity contribution in [3.63, 3.8) is 0 Å². The molecule has 1 aliphatic heterocycles. The van der Waals surface area contributed by atoms with Crippen LogP contribution in [0.2, 0.25) is 0 Å². The van der Waals surface area contributed by atoms with E-state index >= 15 is 0 Å². The standard InChI is InChI=1S/C27H30ClN3O3S.ClH/c1-18-14-22(34-21-8-5-4-6-9-21)11-12-23(18)31(25(32)15-28)26(24-10-7-13-35-24)27(33)30-16-19(2)29-20(3)17-30;/h4-14,19-20,26,29H,15-17H2,1-3H3;1H. The number of nitrogens with one attached hydrogen (secondary N) is 1. The summed E-state index contributed by atoms with van der Waals surface area (Å²) in [5.74, 6) is 0.719. The molecule has 36 heavy (non-hydrogen) atoms. The molecule has 0 bridgehead atoms. The number of carbonyl (C=O) groups excluding carboxylic acids is 2. The summed E-state index contributed by atoms with van der Waals surface area (Å²) in [5, 5.41) is 5.38. The number of hydrogen-bond donors (Lipinski definition) is 1. The lowest BCUT2D eigenvalue weighted by molar-refractivity contribution is -0.136. The van der Waals surface area contributed by atoms with Gasteiger partial charge in [0.1, 0.15) is 23.4 Å². The van der Waals surface area contributed by atoms with Crippen LogP contribution in [0.15, 0.2) is 66.0 Å². The zero-order valence-corrected chi connectivity index (χ0v) is 22.9. The van der Waals surface area contributed by atoms with E-state index < -0.39 is 6.04 Å². The smallest absolute Gasteiger partial charge is 0.251 e. The molecule has 0 radical (unpaired) electrons. The lowest BCUT2D eigenvalue weighted by Gasteiger charge is -2.40. The zero-order chi connectivity index (χ0) is 24.9. The number of carbonyl (C=O) groups is 2. The molecule has 2 amide bonds. The van der Waals surface area contributed by atoms with Gasteiger partial charge in [-0.15, -0.1) is 35.3 Å². The van der Waals surface area contributed by atoms with Crippen molar-refractivity contribution in [2.24, 2.45) is 0 Å². The van der Waals surface area contributed by atoms with Crippen LogP contribution >= 0.6 is 35.3 Å². The summed E-state index contributed by atoms with van der Waals surface area (Å²) in [6.07, 6.45) is 0. The quantitative estimate of drug-likeness (QED) is 0.380. The number of amides is 2. The third-order valence-electron chi connectivity index (χ3n) is 5.96. The number of benzene rings is 2. The van der Waals surface area contributed by atoms with Crippen LogP contribution < -0.4 is 15.0 Å². The third-order valence-corrected chi connectivity index (χ3v) is 7.12. The Morgan fingerprint density at radius 1 is 1.08 bits per heavy atom. The van der Waals surface area contributed by atoms with Crippen molar-refractivity contribution >= 4 is 52.8 Å². The highest BCUT2D eigenvalue weighted by Crippen LogP contribution is 2.36. The molecule has 3 aromatic rings. The Kier molecular flexibility index (Phi) is 9.79. The maximum absolute atomic E-state index is 14.0. The van der Waals surface area contributed by atoms with Gasteiger partial charge >= 0.3 is 0 Å². The highest BCUT2D eigenvalue weighted by molar-refractivity contribution is 7.10. The van der Waals surface area contributed by atoms with Crippen LogP contribution in [-0.2, 0) is 9.59 Å². The first-order chi connectivity index (χ1) is 16.9. The topological polar surface area (TPSA) is 61.9 Å². The van der Waals surface area contributed by atoms with Crippen LogP contribution in [0.3, 0.4) is 0 Å². The van der Waals surface area contributed by atoms with Gasteiger partial charge in [-0.3, -0.25) is 14.5 Å². The molecule has 1 fully saturated rings. The Labute approximate surface area is 227 Å². The van der Waals surface area contributed by atoms with E-state index in [0.29, 0.717) is 24.5 Å². The SMILES string of the molecule is Cc1cc(Oc2ccccc2)ccc1N(C(=O)CCl)C(C(=O)N1CC(C)NC(C)C1)c1cccs1.Cl. The number of para-hydroxylation sites is 1. The fourth-order valence-corrected chi connectivity index (χ4v) is 5.49. The molecule has 1 aliphatic rings. The fourth-order valence-electron chi connectivity index (χ4n) is 4.55. The van der Waals surface area contributed by atoms with Crippen LogP contribution in [0.5, 0.6) is 11.5 Å². The van der Waals surface area contributed by atoms with Crippen molar-refractivity contribution in [2.45, 2.75) is 38.9 Å². The van der Waals surface area contributed by atoms with Crippen molar-refractivity contribution in [3.05, 3.63) is 76.5 Å². The van der Waals surface area contributed by atoms with E-state index in [1.54, 1.807) is 4.90 Å². The molecular weight excluding hydrogens is 517 g/mol. The van der Waals surface area contributed by atoms with Crippen molar-refractivity contribution in [1.29, 1.82) is 0 Å². The monoisotopic (exact) mass is 547 g/mol.